The van der Waals surface area contributed by atoms with Gasteiger partial charge < -0.3 is 29.1 Å². The van der Waals surface area contributed by atoms with Gasteiger partial charge in [-0.2, -0.15) is 0 Å². The normalized spacial score (nSPS) is 18.5. The largest absolute Gasteiger partial charge is 0.507 e. The molecule has 2 aromatic carbocycles. The number of carbonyl (C=O) groups excluding carboxylic acids is 2. The molecule has 1 saturated heterocycles. The fourth-order valence-electron chi connectivity index (χ4n) is 4.77. The topological polar surface area (TPSA) is 88.5 Å². The SMILES string of the molecule is CCCOc1ccc(C2/C(=C(/O)c3ccc4c(c3)OCCO4)C(=O)C(=O)N2CCCN(CC)CC)cc1. The standard InChI is InChI=1S/C29H36N2O6/c1-4-16-35-22-11-8-20(9-12-22)26-25(27(32)21-10-13-23-24(19-21)37-18-17-36-23)28(33)29(34)31(26)15-7-14-30(5-2)6-3/h8-13,19,26,32H,4-7,14-18H2,1-3H3/b27-25-. The van der Waals surface area contributed by atoms with Crippen LogP contribution in [0, 0.1) is 0 Å². The quantitative estimate of drug-likeness (QED) is 0.273. The molecule has 0 aliphatic carbocycles. The Hall–Kier alpha value is -3.52. The number of likely N-dealkylation sites (tertiary alicyclic amines) is 1. The Morgan fingerprint density at radius 3 is 2.41 bits per heavy atom. The third kappa shape index (κ3) is 5.74. The monoisotopic (exact) mass is 508 g/mol. The highest BCUT2D eigenvalue weighted by atomic mass is 16.6. The van der Waals surface area contributed by atoms with Crippen molar-refractivity contribution in [3.8, 4) is 17.2 Å². The van der Waals surface area contributed by atoms with E-state index in [1.807, 2.05) is 31.2 Å². The molecular weight excluding hydrogens is 472 g/mol. The first-order chi connectivity index (χ1) is 18.0. The molecule has 1 amide bonds. The zero-order valence-corrected chi connectivity index (χ0v) is 21.9. The van der Waals surface area contributed by atoms with Gasteiger partial charge in [0.25, 0.3) is 11.7 Å². The Labute approximate surface area is 218 Å². The molecule has 0 aromatic heterocycles. The average molecular weight is 509 g/mol. The van der Waals surface area contributed by atoms with Gasteiger partial charge in [-0.25, -0.2) is 0 Å². The Kier molecular flexibility index (Phi) is 8.71. The molecule has 1 N–H and O–H groups in total. The van der Waals surface area contributed by atoms with E-state index in [1.54, 1.807) is 23.1 Å². The lowest BCUT2D eigenvalue weighted by molar-refractivity contribution is -0.140. The van der Waals surface area contributed by atoms with E-state index in [0.29, 0.717) is 49.8 Å². The zero-order chi connectivity index (χ0) is 26.4. The Morgan fingerprint density at radius 1 is 1.03 bits per heavy atom. The fourth-order valence-corrected chi connectivity index (χ4v) is 4.77. The van der Waals surface area contributed by atoms with E-state index in [9.17, 15) is 14.7 Å². The number of hydrogen-bond donors (Lipinski definition) is 1. The number of fused-ring (bicyclic) bond motifs is 1. The van der Waals surface area contributed by atoms with Gasteiger partial charge in [-0.1, -0.05) is 32.9 Å². The molecule has 198 valence electrons. The second kappa shape index (κ2) is 12.1. The highest BCUT2D eigenvalue weighted by Crippen LogP contribution is 2.41. The summed E-state index contributed by atoms with van der Waals surface area (Å²) in [6.45, 7) is 10.8. The summed E-state index contributed by atoms with van der Waals surface area (Å²) in [5, 5.41) is 11.4. The summed E-state index contributed by atoms with van der Waals surface area (Å²) in [4.78, 5) is 30.4. The number of aliphatic hydroxyl groups excluding tert-OH is 1. The van der Waals surface area contributed by atoms with Gasteiger partial charge in [0.05, 0.1) is 18.2 Å². The molecule has 0 radical (unpaired) electrons. The van der Waals surface area contributed by atoms with Crippen LogP contribution in [-0.4, -0.2) is 72.6 Å². The number of carbonyl (C=O) groups is 2. The van der Waals surface area contributed by atoms with Crippen LogP contribution in [0.4, 0.5) is 0 Å². The van der Waals surface area contributed by atoms with E-state index in [4.69, 9.17) is 14.2 Å². The second-order valence-corrected chi connectivity index (χ2v) is 9.15. The van der Waals surface area contributed by atoms with Gasteiger partial charge >= 0.3 is 0 Å². The molecule has 1 unspecified atom stereocenters. The summed E-state index contributed by atoms with van der Waals surface area (Å²) in [5.41, 5.74) is 1.22. The van der Waals surface area contributed by atoms with Gasteiger partial charge in [0.15, 0.2) is 11.5 Å². The molecule has 2 aliphatic rings. The molecule has 0 saturated carbocycles. The number of hydrogen-bond acceptors (Lipinski definition) is 7. The molecule has 2 heterocycles. The molecule has 37 heavy (non-hydrogen) atoms. The van der Waals surface area contributed by atoms with E-state index >= 15 is 0 Å². The fraction of sp³-hybridized carbons (Fsp3) is 0.448. The smallest absolute Gasteiger partial charge is 0.295 e. The van der Waals surface area contributed by atoms with Crippen LogP contribution < -0.4 is 14.2 Å². The Bertz CT molecular complexity index is 1140. The summed E-state index contributed by atoms with van der Waals surface area (Å²) in [6.07, 6.45) is 1.61. The lowest BCUT2D eigenvalue weighted by Crippen LogP contribution is -2.33. The molecule has 8 heteroatoms. The predicted octanol–water partition coefficient (Wildman–Crippen LogP) is 4.40. The summed E-state index contributed by atoms with van der Waals surface area (Å²) in [7, 11) is 0. The van der Waals surface area contributed by atoms with Crippen molar-refractivity contribution in [1.29, 1.82) is 0 Å². The third-order valence-electron chi connectivity index (χ3n) is 6.79. The maximum Gasteiger partial charge on any atom is 0.295 e. The van der Waals surface area contributed by atoms with E-state index in [0.717, 1.165) is 37.4 Å². The van der Waals surface area contributed by atoms with Crippen molar-refractivity contribution in [1.82, 2.24) is 9.80 Å². The number of ether oxygens (including phenoxy) is 3. The number of ketones is 1. The second-order valence-electron chi connectivity index (χ2n) is 9.15. The summed E-state index contributed by atoms with van der Waals surface area (Å²) >= 11 is 0. The van der Waals surface area contributed by atoms with Gasteiger partial charge in [-0.3, -0.25) is 9.59 Å². The van der Waals surface area contributed by atoms with Crippen LogP contribution in [0.3, 0.4) is 0 Å². The van der Waals surface area contributed by atoms with Crippen molar-refractivity contribution < 1.29 is 28.9 Å². The molecule has 0 bridgehead atoms. The van der Waals surface area contributed by atoms with Gasteiger partial charge in [0, 0.05) is 12.1 Å². The van der Waals surface area contributed by atoms with Crippen molar-refractivity contribution in [2.24, 2.45) is 0 Å². The average Bonchev–Trinajstić information content (AvgIpc) is 3.18. The maximum absolute atomic E-state index is 13.3. The van der Waals surface area contributed by atoms with E-state index in [2.05, 4.69) is 18.7 Å². The summed E-state index contributed by atoms with van der Waals surface area (Å²) in [5.74, 6) is 0.284. The zero-order valence-electron chi connectivity index (χ0n) is 21.9. The number of aliphatic hydroxyl groups is 1. The van der Waals surface area contributed by atoms with Crippen LogP contribution in [-0.2, 0) is 9.59 Å². The first-order valence-corrected chi connectivity index (χ1v) is 13.1. The molecule has 4 rings (SSSR count). The van der Waals surface area contributed by atoms with Crippen LogP contribution in [0.5, 0.6) is 17.2 Å². The van der Waals surface area contributed by atoms with Gasteiger partial charge in [-0.05, 0) is 68.4 Å². The molecule has 8 nitrogen and oxygen atoms in total. The van der Waals surface area contributed by atoms with Crippen LogP contribution in [0.25, 0.3) is 5.76 Å². The van der Waals surface area contributed by atoms with E-state index in [-0.39, 0.29) is 11.3 Å². The van der Waals surface area contributed by atoms with Crippen LogP contribution >= 0.6 is 0 Å². The summed E-state index contributed by atoms with van der Waals surface area (Å²) < 4.78 is 17.0. The number of nitrogens with zero attached hydrogens (tertiary/aromatic N) is 2. The van der Waals surface area contributed by atoms with Crippen molar-refractivity contribution in [3.63, 3.8) is 0 Å². The minimum absolute atomic E-state index is 0.0757. The molecular formula is C29H36N2O6. The predicted molar refractivity (Wildman–Crippen MR) is 141 cm³/mol. The van der Waals surface area contributed by atoms with E-state index < -0.39 is 17.7 Å². The minimum atomic E-state index is -0.704. The highest BCUT2D eigenvalue weighted by molar-refractivity contribution is 6.46. The number of Topliss-reactive ketones (excluding diaryl/α,β-unsaturated/α-hetero) is 1. The summed E-state index contributed by atoms with van der Waals surface area (Å²) in [6, 6.07) is 11.7. The van der Waals surface area contributed by atoms with Crippen molar-refractivity contribution >= 4 is 17.4 Å². The number of rotatable bonds is 11. The van der Waals surface area contributed by atoms with Crippen LogP contribution in [0.1, 0.15) is 50.8 Å². The molecule has 1 fully saturated rings. The van der Waals surface area contributed by atoms with Gasteiger partial charge in [0.1, 0.15) is 24.7 Å². The van der Waals surface area contributed by atoms with Gasteiger partial charge in [0.2, 0.25) is 0 Å². The minimum Gasteiger partial charge on any atom is -0.507 e. The third-order valence-corrected chi connectivity index (χ3v) is 6.79. The van der Waals surface area contributed by atoms with Crippen LogP contribution in [0.2, 0.25) is 0 Å². The molecule has 2 aromatic rings. The lowest BCUT2D eigenvalue weighted by atomic mass is 9.95. The first kappa shape index (κ1) is 26.5. The van der Waals surface area contributed by atoms with Crippen molar-refractivity contribution in [2.75, 3.05) is 46.0 Å². The van der Waals surface area contributed by atoms with Crippen molar-refractivity contribution in [2.45, 2.75) is 39.7 Å². The highest BCUT2D eigenvalue weighted by Gasteiger charge is 2.45. The number of benzene rings is 2. The Balaban J connectivity index is 1.71. The van der Waals surface area contributed by atoms with E-state index in [1.165, 1.54) is 0 Å². The first-order valence-electron chi connectivity index (χ1n) is 13.1. The molecule has 1 atom stereocenters. The van der Waals surface area contributed by atoms with Gasteiger partial charge in [-0.15, -0.1) is 0 Å². The number of amides is 1. The lowest BCUT2D eigenvalue weighted by Gasteiger charge is -2.27. The van der Waals surface area contributed by atoms with Crippen LogP contribution in [0.15, 0.2) is 48.0 Å². The Morgan fingerprint density at radius 2 is 1.73 bits per heavy atom. The molecule has 0 spiro atoms. The maximum atomic E-state index is 13.3. The van der Waals surface area contributed by atoms with Crippen molar-refractivity contribution in [3.05, 3.63) is 59.2 Å². The molecule has 2 aliphatic heterocycles.